The van der Waals surface area contributed by atoms with Crippen molar-refractivity contribution in [3.05, 3.63) is 99.2 Å². The van der Waals surface area contributed by atoms with E-state index >= 15 is 0 Å². The quantitative estimate of drug-likeness (QED) is 0.163. The summed E-state index contributed by atoms with van der Waals surface area (Å²) in [6.07, 6.45) is 1.61. The van der Waals surface area contributed by atoms with Crippen molar-refractivity contribution in [2.45, 2.75) is 24.4 Å². The fourth-order valence-electron chi connectivity index (χ4n) is 4.11. The van der Waals surface area contributed by atoms with Gasteiger partial charge < -0.3 is 14.2 Å². The number of hydrogen-bond donors (Lipinski definition) is 0. The number of carbonyl (C=O) groups is 1. The van der Waals surface area contributed by atoms with Crippen LogP contribution in [0.3, 0.4) is 0 Å². The summed E-state index contributed by atoms with van der Waals surface area (Å²) in [5.41, 5.74) is 3.44. The summed E-state index contributed by atoms with van der Waals surface area (Å²) in [5.74, 6) is 1.66. The SMILES string of the molecule is Cc1ccc(Cl)cc1-n1c(SCc2nc(C(=O)N(CCN(C)C)Cc3ccccc3)cs2)nnc1-c1ccco1. The van der Waals surface area contributed by atoms with Crippen molar-refractivity contribution in [2.24, 2.45) is 0 Å². The number of thioether (sulfide) groups is 1. The number of aromatic nitrogens is 4. The van der Waals surface area contributed by atoms with Crippen molar-refractivity contribution >= 4 is 40.6 Å². The molecule has 5 aromatic rings. The van der Waals surface area contributed by atoms with Crippen LogP contribution in [0.25, 0.3) is 17.3 Å². The number of aryl methyl sites for hydroxylation is 1. The molecule has 3 heterocycles. The second kappa shape index (κ2) is 12.8. The Morgan fingerprint density at radius 1 is 1.07 bits per heavy atom. The van der Waals surface area contributed by atoms with Gasteiger partial charge in [0.15, 0.2) is 10.9 Å². The lowest BCUT2D eigenvalue weighted by molar-refractivity contribution is 0.0726. The first-order valence-electron chi connectivity index (χ1n) is 12.7. The van der Waals surface area contributed by atoms with Gasteiger partial charge in [-0.3, -0.25) is 9.36 Å². The smallest absolute Gasteiger partial charge is 0.273 e. The Morgan fingerprint density at radius 2 is 1.90 bits per heavy atom. The van der Waals surface area contributed by atoms with Crippen molar-refractivity contribution in [1.29, 1.82) is 0 Å². The van der Waals surface area contributed by atoms with Crippen LogP contribution in [0.5, 0.6) is 0 Å². The average Bonchev–Trinajstić information content (AvgIpc) is 3.72. The van der Waals surface area contributed by atoms with E-state index in [9.17, 15) is 4.79 Å². The van der Waals surface area contributed by atoms with Crippen molar-refractivity contribution in [1.82, 2.24) is 29.5 Å². The number of halogens is 1. The van der Waals surface area contributed by atoms with Crippen LogP contribution >= 0.6 is 34.7 Å². The van der Waals surface area contributed by atoms with Gasteiger partial charge in [0.25, 0.3) is 5.91 Å². The fraction of sp³-hybridized carbons (Fsp3) is 0.241. The Bertz CT molecular complexity index is 1570. The molecule has 8 nitrogen and oxygen atoms in total. The molecule has 0 N–H and O–H groups in total. The van der Waals surface area contributed by atoms with E-state index in [1.165, 1.54) is 23.1 Å². The first kappa shape index (κ1) is 28.1. The van der Waals surface area contributed by atoms with Crippen molar-refractivity contribution in [3.63, 3.8) is 0 Å². The molecule has 2 aromatic carbocycles. The van der Waals surface area contributed by atoms with Crippen LogP contribution in [0.4, 0.5) is 0 Å². The minimum absolute atomic E-state index is 0.0731. The molecule has 0 aliphatic rings. The number of rotatable bonds is 11. The van der Waals surface area contributed by atoms with Crippen molar-refractivity contribution in [2.75, 3.05) is 27.2 Å². The molecule has 3 aromatic heterocycles. The second-order valence-corrected chi connectivity index (χ2v) is 11.8. The molecular formula is C29H29ClN6O2S2. The molecule has 0 fully saturated rings. The van der Waals surface area contributed by atoms with E-state index in [0.29, 0.717) is 46.3 Å². The fourth-order valence-corrected chi connectivity index (χ4v) is 6.01. The molecule has 0 saturated heterocycles. The molecule has 0 bridgehead atoms. The number of benzene rings is 2. The molecule has 40 heavy (non-hydrogen) atoms. The van der Waals surface area contributed by atoms with Gasteiger partial charge in [0.05, 0.1) is 17.7 Å². The van der Waals surface area contributed by atoms with Crippen LogP contribution < -0.4 is 0 Å². The highest BCUT2D eigenvalue weighted by Gasteiger charge is 2.22. The number of thiazole rings is 1. The Hall–Kier alpha value is -3.44. The van der Waals surface area contributed by atoms with Crippen molar-refractivity contribution in [3.8, 4) is 17.3 Å². The first-order chi connectivity index (χ1) is 19.4. The number of hydrogen-bond acceptors (Lipinski definition) is 8. The Balaban J connectivity index is 1.36. The summed E-state index contributed by atoms with van der Waals surface area (Å²) >= 11 is 9.32. The third kappa shape index (κ3) is 6.64. The lowest BCUT2D eigenvalue weighted by atomic mass is 10.2. The van der Waals surface area contributed by atoms with Crippen LogP contribution in [-0.4, -0.2) is 62.6 Å². The lowest BCUT2D eigenvalue weighted by Gasteiger charge is -2.24. The summed E-state index contributed by atoms with van der Waals surface area (Å²) in [5, 5.41) is 12.9. The molecule has 0 saturated carbocycles. The van der Waals surface area contributed by atoms with Crippen LogP contribution in [0.15, 0.2) is 81.9 Å². The minimum Gasteiger partial charge on any atom is -0.461 e. The van der Waals surface area contributed by atoms with E-state index in [-0.39, 0.29) is 5.91 Å². The maximum atomic E-state index is 13.5. The van der Waals surface area contributed by atoms with Gasteiger partial charge in [0, 0.05) is 30.0 Å². The highest BCUT2D eigenvalue weighted by atomic mass is 35.5. The highest BCUT2D eigenvalue weighted by Crippen LogP contribution is 2.33. The number of nitrogens with zero attached hydrogens (tertiary/aromatic N) is 6. The zero-order valence-corrected chi connectivity index (χ0v) is 24.8. The molecule has 0 atom stereocenters. The molecule has 206 valence electrons. The third-order valence-corrected chi connectivity index (χ3v) is 8.41. The van der Waals surface area contributed by atoms with Gasteiger partial charge in [0.1, 0.15) is 10.7 Å². The van der Waals surface area contributed by atoms with E-state index in [2.05, 4.69) is 15.1 Å². The van der Waals surface area contributed by atoms with Crippen LogP contribution in [0, 0.1) is 6.92 Å². The highest BCUT2D eigenvalue weighted by molar-refractivity contribution is 7.98. The maximum absolute atomic E-state index is 13.5. The molecule has 5 rings (SSSR count). The number of likely N-dealkylation sites (N-methyl/N-ethyl adjacent to an activating group) is 1. The van der Waals surface area contributed by atoms with E-state index in [0.717, 1.165) is 28.4 Å². The van der Waals surface area contributed by atoms with E-state index < -0.39 is 0 Å². The molecular weight excluding hydrogens is 564 g/mol. The molecule has 0 unspecified atom stereocenters. The summed E-state index contributed by atoms with van der Waals surface area (Å²) in [6.45, 7) is 3.93. The van der Waals surface area contributed by atoms with Gasteiger partial charge in [-0.1, -0.05) is 59.8 Å². The molecule has 1 amide bonds. The van der Waals surface area contributed by atoms with Gasteiger partial charge in [-0.25, -0.2) is 4.98 Å². The predicted octanol–water partition coefficient (Wildman–Crippen LogP) is 6.44. The second-order valence-electron chi connectivity index (χ2n) is 9.48. The van der Waals surface area contributed by atoms with Crippen LogP contribution in [0.1, 0.15) is 26.6 Å². The first-order valence-corrected chi connectivity index (χ1v) is 14.9. The standard InChI is InChI=1S/C29H29ClN6O2S2/c1-20-11-12-22(30)16-24(20)36-27(25-10-7-15-38-25)32-33-29(36)40-19-26-31-23(18-39-26)28(37)35(14-13-34(2)3)17-21-8-5-4-6-9-21/h4-12,15-16,18H,13-14,17,19H2,1-3H3. The van der Waals surface area contributed by atoms with Crippen LogP contribution in [-0.2, 0) is 12.3 Å². The average molecular weight is 593 g/mol. The molecule has 0 aliphatic heterocycles. The Kier molecular flexibility index (Phi) is 9.01. The lowest BCUT2D eigenvalue weighted by Crippen LogP contribution is -2.36. The molecule has 0 aliphatic carbocycles. The van der Waals surface area contributed by atoms with E-state index in [4.69, 9.17) is 21.0 Å². The third-order valence-electron chi connectivity index (χ3n) is 6.20. The Labute approximate surface area is 246 Å². The normalized spacial score (nSPS) is 11.3. The zero-order chi connectivity index (χ0) is 28.1. The Morgan fingerprint density at radius 3 is 2.65 bits per heavy atom. The number of furan rings is 1. The summed E-state index contributed by atoms with van der Waals surface area (Å²) < 4.78 is 7.59. The number of amides is 1. The van der Waals surface area contributed by atoms with Crippen molar-refractivity contribution < 1.29 is 9.21 Å². The summed E-state index contributed by atoms with van der Waals surface area (Å²) in [4.78, 5) is 22.1. The van der Waals surface area contributed by atoms with Gasteiger partial charge >= 0.3 is 0 Å². The predicted molar refractivity (Wildman–Crippen MR) is 160 cm³/mol. The van der Waals surface area contributed by atoms with E-state index in [1.807, 2.05) is 96.5 Å². The molecule has 0 spiro atoms. The van der Waals surface area contributed by atoms with Crippen LogP contribution in [0.2, 0.25) is 5.02 Å². The van der Waals surface area contributed by atoms with Gasteiger partial charge in [-0.05, 0) is 56.4 Å². The van der Waals surface area contributed by atoms with Gasteiger partial charge in [0.2, 0.25) is 5.82 Å². The summed E-state index contributed by atoms with van der Waals surface area (Å²) in [6, 6.07) is 19.4. The van der Waals surface area contributed by atoms with Gasteiger partial charge in [-0.15, -0.1) is 21.5 Å². The zero-order valence-electron chi connectivity index (χ0n) is 22.5. The topological polar surface area (TPSA) is 80.3 Å². The number of carbonyl (C=O) groups excluding carboxylic acids is 1. The van der Waals surface area contributed by atoms with E-state index in [1.54, 1.807) is 6.26 Å². The maximum Gasteiger partial charge on any atom is 0.273 e. The minimum atomic E-state index is -0.0731. The molecule has 11 heteroatoms. The van der Waals surface area contributed by atoms with Gasteiger partial charge in [-0.2, -0.15) is 0 Å². The molecule has 0 radical (unpaired) electrons. The monoisotopic (exact) mass is 592 g/mol. The largest absolute Gasteiger partial charge is 0.461 e. The summed E-state index contributed by atoms with van der Waals surface area (Å²) in [7, 11) is 4.01.